The van der Waals surface area contributed by atoms with Gasteiger partial charge in [-0.15, -0.1) is 0 Å². The lowest BCUT2D eigenvalue weighted by molar-refractivity contribution is 0.0600. The molecule has 2 aromatic carbocycles. The smallest absolute Gasteiger partial charge is 0.337 e. The molecule has 3 heterocycles. The summed E-state index contributed by atoms with van der Waals surface area (Å²) < 4.78 is 9.20. The number of carbonyl (C=O) groups excluding carboxylic acids is 1. The van der Waals surface area contributed by atoms with Crippen molar-refractivity contribution in [1.82, 2.24) is 14.0 Å². The van der Waals surface area contributed by atoms with Crippen molar-refractivity contribution >= 4 is 39.4 Å². The highest BCUT2D eigenvalue weighted by molar-refractivity contribution is 7.15. The molecule has 0 spiro atoms. The number of ether oxygens (including phenoxy) is 1. The molecule has 0 saturated heterocycles. The Morgan fingerprint density at radius 1 is 1.10 bits per heavy atom. The van der Waals surface area contributed by atoms with Gasteiger partial charge in [0.25, 0.3) is 5.56 Å². The minimum atomic E-state index is -0.361. The monoisotopic (exact) mass is 429 g/mol. The average Bonchev–Trinajstić information content (AvgIpc) is 3.38. The van der Waals surface area contributed by atoms with Gasteiger partial charge in [0.05, 0.1) is 28.2 Å². The van der Waals surface area contributed by atoms with Crippen molar-refractivity contribution in [3.8, 4) is 5.69 Å². The second kappa shape index (κ2) is 7.21. The number of aromatic nitrogens is 3. The molecule has 0 amide bonds. The van der Waals surface area contributed by atoms with Crippen molar-refractivity contribution < 1.29 is 9.53 Å². The molecule has 6 nitrogen and oxygen atoms in total. The number of hydrogen-bond donors (Lipinski definition) is 0. The van der Waals surface area contributed by atoms with Gasteiger partial charge in [-0.25, -0.2) is 14.2 Å². The van der Waals surface area contributed by atoms with Crippen LogP contribution in [0.1, 0.15) is 27.3 Å². The van der Waals surface area contributed by atoms with Crippen LogP contribution in [0.5, 0.6) is 0 Å². The first-order valence-electron chi connectivity index (χ1n) is 9.77. The molecule has 0 unspecified atom stereocenters. The number of imidazole rings is 1. The number of carbonyl (C=O) groups is 1. The van der Waals surface area contributed by atoms with E-state index in [0.717, 1.165) is 33.7 Å². The minimum absolute atomic E-state index is 0.0547. The molecule has 0 fully saturated rings. The fourth-order valence-corrected chi connectivity index (χ4v) is 4.93. The zero-order valence-electron chi connectivity index (χ0n) is 17.2. The van der Waals surface area contributed by atoms with Crippen molar-refractivity contribution in [3.05, 3.63) is 92.0 Å². The van der Waals surface area contributed by atoms with E-state index in [2.05, 4.69) is 15.6 Å². The Morgan fingerprint density at radius 3 is 2.58 bits per heavy atom. The van der Waals surface area contributed by atoms with E-state index in [1.54, 1.807) is 16.5 Å². The minimum Gasteiger partial charge on any atom is -0.465 e. The predicted octanol–water partition coefficient (Wildman–Crippen LogP) is 3.65. The van der Waals surface area contributed by atoms with Gasteiger partial charge in [0.1, 0.15) is 0 Å². The molecule has 5 aromatic rings. The van der Waals surface area contributed by atoms with E-state index < -0.39 is 0 Å². The maximum atomic E-state index is 13.1. The molecule has 0 aliphatic heterocycles. The summed E-state index contributed by atoms with van der Waals surface area (Å²) in [7, 11) is 1.37. The molecule has 5 rings (SSSR count). The third-order valence-corrected chi connectivity index (χ3v) is 6.42. The summed E-state index contributed by atoms with van der Waals surface area (Å²) in [5, 5.41) is 0. The summed E-state index contributed by atoms with van der Waals surface area (Å²) in [4.78, 5) is 30.0. The lowest BCUT2D eigenvalue weighted by Crippen LogP contribution is -2.22. The molecule has 0 bridgehead atoms. The summed E-state index contributed by atoms with van der Waals surface area (Å²) >= 11 is 1.39. The van der Waals surface area contributed by atoms with Gasteiger partial charge in [-0.2, -0.15) is 0 Å². The standard InChI is InChI=1S/C24H19N3O3S/c1-14-12-17(15(2)26(14)18-10-8-16(9-11-18)23(29)30-3)13-21-22(28)27-20-7-5-4-6-19(20)25-24(27)31-21/h4-13H,1-3H3. The largest absolute Gasteiger partial charge is 0.465 e. The van der Waals surface area contributed by atoms with E-state index in [-0.39, 0.29) is 11.5 Å². The van der Waals surface area contributed by atoms with E-state index in [4.69, 9.17) is 4.74 Å². The molecule has 0 N–H and O–H groups in total. The van der Waals surface area contributed by atoms with E-state index >= 15 is 0 Å². The predicted molar refractivity (Wildman–Crippen MR) is 122 cm³/mol. The Kier molecular flexibility index (Phi) is 4.48. The van der Waals surface area contributed by atoms with Crippen molar-refractivity contribution in [2.45, 2.75) is 13.8 Å². The van der Waals surface area contributed by atoms with Crippen LogP contribution >= 0.6 is 11.3 Å². The number of fused-ring (bicyclic) bond motifs is 3. The summed E-state index contributed by atoms with van der Waals surface area (Å²) in [6, 6.07) is 17.0. The van der Waals surface area contributed by atoms with Gasteiger partial charge in [-0.05, 0) is 68.0 Å². The first kappa shape index (κ1) is 19.3. The summed E-state index contributed by atoms with van der Waals surface area (Å²) in [6.45, 7) is 4.04. The van der Waals surface area contributed by atoms with Crippen molar-refractivity contribution in [2.24, 2.45) is 0 Å². The molecule has 0 radical (unpaired) electrons. The van der Waals surface area contributed by atoms with Gasteiger partial charge in [0.15, 0.2) is 4.96 Å². The molecule has 0 saturated carbocycles. The molecule has 0 aliphatic rings. The topological polar surface area (TPSA) is 65.6 Å². The van der Waals surface area contributed by atoms with Crippen LogP contribution in [0.3, 0.4) is 0 Å². The Bertz CT molecular complexity index is 1570. The maximum Gasteiger partial charge on any atom is 0.337 e. The normalized spacial score (nSPS) is 12.2. The molecule has 0 aliphatic carbocycles. The van der Waals surface area contributed by atoms with Crippen LogP contribution in [-0.4, -0.2) is 27.0 Å². The van der Waals surface area contributed by atoms with Crippen molar-refractivity contribution in [2.75, 3.05) is 7.11 Å². The zero-order chi connectivity index (χ0) is 21.7. The molecular weight excluding hydrogens is 410 g/mol. The van der Waals surface area contributed by atoms with Crippen LogP contribution in [0.25, 0.3) is 27.8 Å². The Balaban J connectivity index is 1.61. The highest BCUT2D eigenvalue weighted by Gasteiger charge is 2.14. The number of rotatable bonds is 3. The summed E-state index contributed by atoms with van der Waals surface area (Å²) in [6.07, 6.45) is 1.93. The van der Waals surface area contributed by atoms with Crippen LogP contribution < -0.4 is 10.1 Å². The highest BCUT2D eigenvalue weighted by atomic mass is 32.1. The van der Waals surface area contributed by atoms with Crippen molar-refractivity contribution in [1.29, 1.82) is 0 Å². The third kappa shape index (κ3) is 3.05. The summed E-state index contributed by atoms with van der Waals surface area (Å²) in [5.41, 5.74) is 6.07. The third-order valence-electron chi connectivity index (χ3n) is 5.45. The molecule has 154 valence electrons. The number of para-hydroxylation sites is 2. The first-order valence-corrected chi connectivity index (χ1v) is 10.6. The fraction of sp³-hybridized carbons (Fsp3) is 0.125. The number of thiazole rings is 1. The van der Waals surface area contributed by atoms with Gasteiger partial charge in [-0.1, -0.05) is 23.5 Å². The molecule has 7 heteroatoms. The SMILES string of the molecule is COC(=O)c1ccc(-n2c(C)cc(C=c3sc4nc5ccccc5n4c3=O)c2C)cc1. The number of esters is 1. The number of hydrogen-bond acceptors (Lipinski definition) is 5. The molecule has 0 atom stereocenters. The lowest BCUT2D eigenvalue weighted by Gasteiger charge is -2.10. The number of benzene rings is 2. The first-order chi connectivity index (χ1) is 15.0. The average molecular weight is 430 g/mol. The van der Waals surface area contributed by atoms with E-state index in [0.29, 0.717) is 15.1 Å². The van der Waals surface area contributed by atoms with Crippen molar-refractivity contribution in [3.63, 3.8) is 0 Å². The maximum absolute atomic E-state index is 13.1. The number of aryl methyl sites for hydroxylation is 1. The second-order valence-corrected chi connectivity index (χ2v) is 8.34. The van der Waals surface area contributed by atoms with Gasteiger partial charge in [-0.3, -0.25) is 4.79 Å². The van der Waals surface area contributed by atoms with Gasteiger partial charge < -0.3 is 9.30 Å². The Morgan fingerprint density at radius 2 is 1.84 bits per heavy atom. The summed E-state index contributed by atoms with van der Waals surface area (Å²) in [5.74, 6) is -0.361. The van der Waals surface area contributed by atoms with Crippen LogP contribution in [0.2, 0.25) is 0 Å². The van der Waals surface area contributed by atoms with Crippen LogP contribution in [-0.2, 0) is 4.74 Å². The number of nitrogens with zero attached hydrogens (tertiary/aromatic N) is 3. The van der Waals surface area contributed by atoms with Crippen LogP contribution in [0.4, 0.5) is 0 Å². The molecule has 3 aromatic heterocycles. The molecular formula is C24H19N3O3S. The van der Waals surface area contributed by atoms with E-state index in [9.17, 15) is 9.59 Å². The zero-order valence-corrected chi connectivity index (χ0v) is 18.1. The Hall–Kier alpha value is -3.71. The second-order valence-electron chi connectivity index (χ2n) is 7.33. The lowest BCUT2D eigenvalue weighted by atomic mass is 10.2. The Labute approximate surface area is 181 Å². The van der Waals surface area contributed by atoms with Gasteiger partial charge >= 0.3 is 5.97 Å². The quantitative estimate of drug-likeness (QED) is 0.411. The van der Waals surface area contributed by atoms with Gasteiger partial charge in [0, 0.05) is 17.1 Å². The van der Waals surface area contributed by atoms with E-state index in [1.165, 1.54) is 18.4 Å². The van der Waals surface area contributed by atoms with Gasteiger partial charge in [0.2, 0.25) is 0 Å². The molecule has 31 heavy (non-hydrogen) atoms. The van der Waals surface area contributed by atoms with Crippen LogP contribution in [0, 0.1) is 13.8 Å². The van der Waals surface area contributed by atoms with Crippen LogP contribution in [0.15, 0.2) is 59.4 Å². The number of methoxy groups -OCH3 is 1. The fourth-order valence-electron chi connectivity index (χ4n) is 3.95. The highest BCUT2D eigenvalue weighted by Crippen LogP contribution is 2.22. The van der Waals surface area contributed by atoms with E-state index in [1.807, 2.05) is 56.3 Å².